The molecule has 2 N–H and O–H groups in total. The van der Waals surface area contributed by atoms with Crippen LogP contribution in [0.4, 0.5) is 4.39 Å². The third-order valence-corrected chi connectivity index (χ3v) is 2.38. The molecule has 3 heteroatoms. The van der Waals surface area contributed by atoms with Gasteiger partial charge >= 0.3 is 0 Å². The highest BCUT2D eigenvalue weighted by Crippen LogP contribution is 2.23. The van der Waals surface area contributed by atoms with Gasteiger partial charge in [-0.15, -0.1) is 0 Å². The molecule has 0 amide bonds. The minimum absolute atomic E-state index is 0.176. The van der Waals surface area contributed by atoms with E-state index >= 15 is 0 Å². The summed E-state index contributed by atoms with van der Waals surface area (Å²) in [6.45, 7) is 0.627. The zero-order valence-electron chi connectivity index (χ0n) is 7.20. The quantitative estimate of drug-likeness (QED) is 0.682. The average Bonchev–Trinajstić information content (AvgIpc) is 2.53. The molecule has 0 spiro atoms. The number of rotatable bonds is 1. The molecule has 1 aromatic carbocycles. The van der Waals surface area contributed by atoms with Crippen LogP contribution in [-0.2, 0) is 0 Å². The van der Waals surface area contributed by atoms with Gasteiger partial charge in [-0.2, -0.15) is 0 Å². The second kappa shape index (κ2) is 3.44. The lowest BCUT2D eigenvalue weighted by Crippen LogP contribution is -2.14. The van der Waals surface area contributed by atoms with Crippen molar-refractivity contribution in [2.24, 2.45) is 0 Å². The van der Waals surface area contributed by atoms with Gasteiger partial charge in [-0.25, -0.2) is 4.39 Å². The largest absolute Gasteiger partial charge is 0.392 e. The fourth-order valence-corrected chi connectivity index (χ4v) is 1.67. The van der Waals surface area contributed by atoms with E-state index in [0.717, 1.165) is 5.56 Å². The average molecular weight is 181 g/mol. The van der Waals surface area contributed by atoms with Gasteiger partial charge in [0.1, 0.15) is 5.82 Å². The number of aliphatic hydroxyl groups excluding tert-OH is 1. The summed E-state index contributed by atoms with van der Waals surface area (Å²) in [5.74, 6) is -0.220. The first-order chi connectivity index (χ1) is 6.25. The van der Waals surface area contributed by atoms with E-state index in [2.05, 4.69) is 5.32 Å². The third-order valence-electron chi connectivity index (χ3n) is 2.38. The molecule has 0 saturated carbocycles. The van der Waals surface area contributed by atoms with Crippen molar-refractivity contribution in [2.75, 3.05) is 6.54 Å². The lowest BCUT2D eigenvalue weighted by atomic mass is 10.1. The van der Waals surface area contributed by atoms with Crippen LogP contribution in [0.2, 0.25) is 0 Å². The van der Waals surface area contributed by atoms with Crippen LogP contribution in [0, 0.1) is 5.82 Å². The summed E-state index contributed by atoms with van der Waals surface area (Å²) in [7, 11) is 0. The molecule has 13 heavy (non-hydrogen) atoms. The Morgan fingerprint density at radius 1 is 1.31 bits per heavy atom. The lowest BCUT2D eigenvalue weighted by molar-refractivity contribution is 0.193. The SMILES string of the molecule is O[C@@H]1CN[C@H](c2ccc(F)cc2)C1. The van der Waals surface area contributed by atoms with Crippen LogP contribution < -0.4 is 5.32 Å². The van der Waals surface area contributed by atoms with Gasteiger partial charge in [-0.3, -0.25) is 0 Å². The molecule has 0 aliphatic carbocycles. The number of hydrogen-bond acceptors (Lipinski definition) is 2. The van der Waals surface area contributed by atoms with Crippen LogP contribution in [0.5, 0.6) is 0 Å². The Bertz CT molecular complexity index is 285. The Labute approximate surface area is 76.4 Å². The third kappa shape index (κ3) is 1.87. The number of hydrogen-bond donors (Lipinski definition) is 2. The molecule has 1 saturated heterocycles. The van der Waals surface area contributed by atoms with Gasteiger partial charge < -0.3 is 10.4 Å². The molecule has 1 heterocycles. The molecule has 1 fully saturated rings. The van der Waals surface area contributed by atoms with Crippen molar-refractivity contribution in [3.63, 3.8) is 0 Å². The maximum Gasteiger partial charge on any atom is 0.123 e. The summed E-state index contributed by atoms with van der Waals surface area (Å²) in [5.41, 5.74) is 1.04. The summed E-state index contributed by atoms with van der Waals surface area (Å²) in [6.07, 6.45) is 0.445. The van der Waals surface area contributed by atoms with Crippen LogP contribution in [0.3, 0.4) is 0 Å². The molecule has 1 aliphatic rings. The molecular weight excluding hydrogens is 169 g/mol. The number of nitrogens with one attached hydrogen (secondary N) is 1. The van der Waals surface area contributed by atoms with Crippen LogP contribution >= 0.6 is 0 Å². The first kappa shape index (κ1) is 8.66. The zero-order valence-corrected chi connectivity index (χ0v) is 7.20. The fourth-order valence-electron chi connectivity index (χ4n) is 1.67. The predicted molar refractivity (Wildman–Crippen MR) is 47.8 cm³/mol. The van der Waals surface area contributed by atoms with Crippen LogP contribution in [-0.4, -0.2) is 17.8 Å². The van der Waals surface area contributed by atoms with E-state index in [9.17, 15) is 9.50 Å². The number of benzene rings is 1. The molecule has 2 nitrogen and oxygen atoms in total. The highest BCUT2D eigenvalue weighted by atomic mass is 19.1. The minimum atomic E-state index is -0.268. The topological polar surface area (TPSA) is 32.3 Å². The highest BCUT2D eigenvalue weighted by Gasteiger charge is 2.22. The summed E-state index contributed by atoms with van der Waals surface area (Å²) >= 11 is 0. The fraction of sp³-hybridized carbons (Fsp3) is 0.400. The molecule has 0 bridgehead atoms. The van der Waals surface area contributed by atoms with Crippen LogP contribution in [0.15, 0.2) is 24.3 Å². The highest BCUT2D eigenvalue weighted by molar-refractivity contribution is 5.21. The second-order valence-electron chi connectivity index (χ2n) is 3.40. The van der Waals surface area contributed by atoms with Crippen molar-refractivity contribution in [3.05, 3.63) is 35.6 Å². The van der Waals surface area contributed by atoms with Crippen molar-refractivity contribution < 1.29 is 9.50 Å². The monoisotopic (exact) mass is 181 g/mol. The van der Waals surface area contributed by atoms with E-state index in [0.29, 0.717) is 13.0 Å². The molecule has 1 aromatic rings. The van der Waals surface area contributed by atoms with E-state index in [4.69, 9.17) is 0 Å². The van der Waals surface area contributed by atoms with Gasteiger partial charge in [-0.1, -0.05) is 12.1 Å². The number of β-amino-alcohol motifs (C(OH)–C–C–N with tert-alkyl or cyclic N) is 1. The first-order valence-electron chi connectivity index (χ1n) is 4.42. The lowest BCUT2D eigenvalue weighted by Gasteiger charge is -2.09. The smallest absolute Gasteiger partial charge is 0.123 e. The Kier molecular flexibility index (Phi) is 2.29. The summed E-state index contributed by atoms with van der Waals surface area (Å²) in [5, 5.41) is 12.4. The predicted octanol–water partition coefficient (Wildman–Crippen LogP) is 1.22. The number of aliphatic hydroxyl groups is 1. The van der Waals surface area contributed by atoms with Gasteiger partial charge in [0.2, 0.25) is 0 Å². The Balaban J connectivity index is 2.13. The van der Waals surface area contributed by atoms with Crippen LogP contribution in [0.25, 0.3) is 0 Å². The number of halogens is 1. The molecule has 0 radical (unpaired) electrons. The summed E-state index contributed by atoms with van der Waals surface area (Å²) < 4.78 is 12.6. The Morgan fingerprint density at radius 2 is 2.00 bits per heavy atom. The summed E-state index contributed by atoms with van der Waals surface area (Å²) in [6, 6.07) is 6.58. The van der Waals surface area contributed by atoms with E-state index in [-0.39, 0.29) is 18.0 Å². The van der Waals surface area contributed by atoms with Crippen molar-refractivity contribution in [1.29, 1.82) is 0 Å². The minimum Gasteiger partial charge on any atom is -0.392 e. The van der Waals surface area contributed by atoms with Crippen molar-refractivity contribution in [2.45, 2.75) is 18.6 Å². The van der Waals surface area contributed by atoms with E-state index < -0.39 is 0 Å². The second-order valence-corrected chi connectivity index (χ2v) is 3.40. The molecule has 1 aliphatic heterocycles. The van der Waals surface area contributed by atoms with E-state index in [1.54, 1.807) is 12.1 Å². The molecule has 2 rings (SSSR count). The first-order valence-corrected chi connectivity index (χ1v) is 4.42. The standard InChI is InChI=1S/C10H12FNO/c11-8-3-1-7(2-4-8)10-5-9(13)6-12-10/h1-4,9-10,12-13H,5-6H2/t9-,10-/m0/s1. The van der Waals surface area contributed by atoms with Gasteiger partial charge in [0.25, 0.3) is 0 Å². The molecular formula is C10H12FNO. The van der Waals surface area contributed by atoms with Gasteiger partial charge in [0.15, 0.2) is 0 Å². The van der Waals surface area contributed by atoms with Crippen molar-refractivity contribution >= 4 is 0 Å². The van der Waals surface area contributed by atoms with Gasteiger partial charge in [0.05, 0.1) is 6.10 Å². The molecule has 0 unspecified atom stereocenters. The van der Waals surface area contributed by atoms with E-state index in [1.165, 1.54) is 12.1 Å². The maximum absolute atomic E-state index is 12.6. The maximum atomic E-state index is 12.6. The van der Waals surface area contributed by atoms with Gasteiger partial charge in [-0.05, 0) is 24.1 Å². The molecule has 70 valence electrons. The Hall–Kier alpha value is -0.930. The Morgan fingerprint density at radius 3 is 2.54 bits per heavy atom. The van der Waals surface area contributed by atoms with Gasteiger partial charge in [0, 0.05) is 12.6 Å². The zero-order chi connectivity index (χ0) is 9.26. The van der Waals surface area contributed by atoms with Crippen LogP contribution in [0.1, 0.15) is 18.0 Å². The van der Waals surface area contributed by atoms with Crippen molar-refractivity contribution in [1.82, 2.24) is 5.32 Å². The van der Waals surface area contributed by atoms with E-state index in [1.807, 2.05) is 0 Å². The van der Waals surface area contributed by atoms with Crippen molar-refractivity contribution in [3.8, 4) is 0 Å². The molecule has 2 atom stereocenters. The normalized spacial score (nSPS) is 27.8. The molecule has 0 aromatic heterocycles. The summed E-state index contributed by atoms with van der Waals surface area (Å²) in [4.78, 5) is 0.